The lowest BCUT2D eigenvalue weighted by Gasteiger charge is -2.21. The van der Waals surface area contributed by atoms with Gasteiger partial charge in [-0.1, -0.05) is 0 Å². The van der Waals surface area contributed by atoms with Gasteiger partial charge in [0.2, 0.25) is 0 Å². The molecule has 1 heterocycles. The van der Waals surface area contributed by atoms with Crippen molar-refractivity contribution in [2.75, 3.05) is 13.1 Å². The Morgan fingerprint density at radius 2 is 2.12 bits per heavy atom. The van der Waals surface area contributed by atoms with Gasteiger partial charge in [0.15, 0.2) is 0 Å². The second-order valence-electron chi connectivity index (χ2n) is 4.44. The molecule has 1 atom stereocenters. The summed E-state index contributed by atoms with van der Waals surface area (Å²) in [6, 6.07) is 0.231. The average Bonchev–Trinajstić information content (AvgIpc) is 2.54. The number of hydrogen-bond donors (Lipinski definition) is 3. The quantitative estimate of drug-likeness (QED) is 0.575. The van der Waals surface area contributed by atoms with E-state index in [1.54, 1.807) is 0 Å². The lowest BCUT2D eigenvalue weighted by molar-refractivity contribution is -0.122. The zero-order chi connectivity index (χ0) is 12.6. The maximum atomic E-state index is 11.3. The molecule has 1 aliphatic rings. The van der Waals surface area contributed by atoms with Gasteiger partial charge < -0.3 is 20.5 Å². The zero-order valence-electron chi connectivity index (χ0n) is 9.95. The van der Waals surface area contributed by atoms with Gasteiger partial charge >= 0.3 is 6.09 Å². The normalized spacial score (nSPS) is 19.3. The standard InChI is InChI=1S/C9H18N2O2.CH2O2/c1-9(2,3)13-8(12)11-7-4-5-10-6-7;2-1-3/h7,10H,4-6H2,1-3H3,(H,11,12);1H,(H,2,3). The molecule has 1 aliphatic heterocycles. The molecule has 16 heavy (non-hydrogen) atoms. The Morgan fingerprint density at radius 1 is 1.56 bits per heavy atom. The maximum Gasteiger partial charge on any atom is 0.407 e. The molecule has 6 nitrogen and oxygen atoms in total. The minimum Gasteiger partial charge on any atom is -0.483 e. The third-order valence-electron chi connectivity index (χ3n) is 1.78. The minimum absolute atomic E-state index is 0.231. The summed E-state index contributed by atoms with van der Waals surface area (Å²) in [6.45, 7) is 7.15. The fourth-order valence-electron chi connectivity index (χ4n) is 1.25. The SMILES string of the molecule is CC(C)(C)OC(=O)NC1CCNC1.O=CO. The highest BCUT2D eigenvalue weighted by Gasteiger charge is 2.21. The summed E-state index contributed by atoms with van der Waals surface area (Å²) >= 11 is 0. The number of carboxylic acid groups (broad SMARTS) is 1. The van der Waals surface area contributed by atoms with Crippen LogP contribution in [0, 0.1) is 0 Å². The number of nitrogens with one attached hydrogen (secondary N) is 2. The van der Waals surface area contributed by atoms with E-state index in [1.807, 2.05) is 20.8 Å². The summed E-state index contributed by atoms with van der Waals surface area (Å²) < 4.78 is 5.12. The van der Waals surface area contributed by atoms with Gasteiger partial charge in [-0.2, -0.15) is 0 Å². The molecular weight excluding hydrogens is 212 g/mol. The number of hydrogen-bond acceptors (Lipinski definition) is 4. The smallest absolute Gasteiger partial charge is 0.407 e. The summed E-state index contributed by atoms with van der Waals surface area (Å²) in [5, 5.41) is 12.9. The number of amides is 1. The number of ether oxygens (including phenoxy) is 1. The van der Waals surface area contributed by atoms with Gasteiger partial charge in [-0.25, -0.2) is 4.79 Å². The zero-order valence-corrected chi connectivity index (χ0v) is 9.95. The predicted octanol–water partition coefficient (Wildman–Crippen LogP) is 0.574. The summed E-state index contributed by atoms with van der Waals surface area (Å²) in [6.07, 6.45) is 0.667. The predicted molar refractivity (Wildman–Crippen MR) is 59.3 cm³/mol. The van der Waals surface area contributed by atoms with Gasteiger partial charge in [0.1, 0.15) is 5.60 Å². The monoisotopic (exact) mass is 232 g/mol. The molecule has 94 valence electrons. The molecule has 0 aliphatic carbocycles. The molecule has 0 saturated carbocycles. The summed E-state index contributed by atoms with van der Waals surface area (Å²) in [5.41, 5.74) is -0.407. The Morgan fingerprint density at radius 3 is 2.50 bits per heavy atom. The number of rotatable bonds is 1. The van der Waals surface area contributed by atoms with Crippen molar-refractivity contribution < 1.29 is 19.4 Å². The van der Waals surface area contributed by atoms with Gasteiger partial charge in [0.25, 0.3) is 6.47 Å². The second kappa shape index (κ2) is 7.05. The van der Waals surface area contributed by atoms with Crippen molar-refractivity contribution in [2.24, 2.45) is 0 Å². The molecule has 3 N–H and O–H groups in total. The molecule has 0 bridgehead atoms. The minimum atomic E-state index is -0.407. The molecule has 1 amide bonds. The highest BCUT2D eigenvalue weighted by molar-refractivity contribution is 5.68. The van der Waals surface area contributed by atoms with E-state index < -0.39 is 5.60 Å². The molecule has 0 aromatic rings. The largest absolute Gasteiger partial charge is 0.483 e. The van der Waals surface area contributed by atoms with Crippen LogP contribution in [0.1, 0.15) is 27.2 Å². The molecule has 1 rings (SSSR count). The van der Waals surface area contributed by atoms with E-state index in [-0.39, 0.29) is 18.6 Å². The first-order valence-corrected chi connectivity index (χ1v) is 5.17. The van der Waals surface area contributed by atoms with E-state index in [0.29, 0.717) is 0 Å². The Balaban J connectivity index is 0.000000673. The molecular formula is C10H20N2O4. The average molecular weight is 232 g/mol. The van der Waals surface area contributed by atoms with Crippen molar-refractivity contribution in [1.29, 1.82) is 0 Å². The number of carbonyl (C=O) groups excluding carboxylic acids is 1. The Bertz CT molecular complexity index is 219. The van der Waals surface area contributed by atoms with Crippen LogP contribution in [-0.4, -0.2) is 42.4 Å². The fourth-order valence-corrected chi connectivity index (χ4v) is 1.25. The molecule has 1 fully saturated rings. The van der Waals surface area contributed by atoms with E-state index in [0.717, 1.165) is 19.5 Å². The molecule has 0 aromatic heterocycles. The lowest BCUT2D eigenvalue weighted by atomic mass is 10.2. The van der Waals surface area contributed by atoms with Crippen molar-refractivity contribution in [3.63, 3.8) is 0 Å². The summed E-state index contributed by atoms with van der Waals surface area (Å²) in [4.78, 5) is 19.6. The van der Waals surface area contributed by atoms with Crippen molar-refractivity contribution in [1.82, 2.24) is 10.6 Å². The van der Waals surface area contributed by atoms with Crippen LogP contribution in [0.2, 0.25) is 0 Å². The first-order chi connectivity index (χ1) is 7.39. The number of carbonyl (C=O) groups is 2. The van der Waals surface area contributed by atoms with Crippen LogP contribution in [0.25, 0.3) is 0 Å². The Kier molecular flexibility index (Phi) is 6.48. The van der Waals surface area contributed by atoms with Gasteiger partial charge in [-0.3, -0.25) is 4.79 Å². The molecule has 0 aromatic carbocycles. The summed E-state index contributed by atoms with van der Waals surface area (Å²) in [7, 11) is 0. The van der Waals surface area contributed by atoms with Gasteiger partial charge in [-0.15, -0.1) is 0 Å². The van der Waals surface area contributed by atoms with Gasteiger partial charge in [-0.05, 0) is 33.7 Å². The maximum absolute atomic E-state index is 11.3. The van der Waals surface area contributed by atoms with E-state index in [9.17, 15) is 4.79 Å². The highest BCUT2D eigenvalue weighted by Crippen LogP contribution is 2.07. The van der Waals surface area contributed by atoms with Crippen molar-refractivity contribution in [3.8, 4) is 0 Å². The van der Waals surface area contributed by atoms with E-state index in [1.165, 1.54) is 0 Å². The van der Waals surface area contributed by atoms with Crippen molar-refractivity contribution in [3.05, 3.63) is 0 Å². The number of alkyl carbamates (subject to hydrolysis) is 1. The Labute approximate surface area is 95.4 Å². The summed E-state index contributed by atoms with van der Waals surface area (Å²) in [5.74, 6) is 0. The third-order valence-corrected chi connectivity index (χ3v) is 1.78. The molecule has 6 heteroatoms. The van der Waals surface area contributed by atoms with Gasteiger partial charge in [0, 0.05) is 12.6 Å². The third kappa shape index (κ3) is 8.05. The van der Waals surface area contributed by atoms with Crippen molar-refractivity contribution >= 4 is 12.6 Å². The van der Waals surface area contributed by atoms with Crippen molar-refractivity contribution in [2.45, 2.75) is 38.8 Å². The molecule has 1 unspecified atom stereocenters. The molecule has 1 saturated heterocycles. The van der Waals surface area contributed by atoms with Crippen LogP contribution in [0.4, 0.5) is 4.79 Å². The van der Waals surface area contributed by atoms with Crippen LogP contribution in [0.15, 0.2) is 0 Å². The van der Waals surface area contributed by atoms with E-state index >= 15 is 0 Å². The Hall–Kier alpha value is -1.30. The van der Waals surface area contributed by atoms with Gasteiger partial charge in [0.05, 0.1) is 0 Å². The first-order valence-electron chi connectivity index (χ1n) is 5.17. The first kappa shape index (κ1) is 14.7. The lowest BCUT2D eigenvalue weighted by Crippen LogP contribution is -2.40. The van der Waals surface area contributed by atoms with Crippen LogP contribution >= 0.6 is 0 Å². The molecule has 0 radical (unpaired) electrons. The molecule has 0 spiro atoms. The van der Waals surface area contributed by atoms with E-state index in [2.05, 4.69) is 10.6 Å². The van der Waals surface area contributed by atoms with E-state index in [4.69, 9.17) is 14.6 Å². The van der Waals surface area contributed by atoms with Crippen LogP contribution in [0.3, 0.4) is 0 Å². The van der Waals surface area contributed by atoms with Crippen LogP contribution in [-0.2, 0) is 9.53 Å². The fraction of sp³-hybridized carbons (Fsp3) is 0.800. The topological polar surface area (TPSA) is 87.7 Å². The van der Waals surface area contributed by atoms with Crippen LogP contribution in [0.5, 0.6) is 0 Å². The van der Waals surface area contributed by atoms with Crippen LogP contribution < -0.4 is 10.6 Å². The highest BCUT2D eigenvalue weighted by atomic mass is 16.6. The second-order valence-corrected chi connectivity index (χ2v) is 4.44.